The van der Waals surface area contributed by atoms with Gasteiger partial charge in [-0.25, -0.2) is 13.2 Å². The maximum absolute atomic E-state index is 12.5. The molecule has 2 aliphatic rings. The van der Waals surface area contributed by atoms with E-state index in [1.54, 1.807) is 11.1 Å². The van der Waals surface area contributed by atoms with Gasteiger partial charge in [-0.15, -0.1) is 0 Å². The number of nitrogens with one attached hydrogen (secondary N) is 2. The predicted octanol–water partition coefficient (Wildman–Crippen LogP) is 1.86. The summed E-state index contributed by atoms with van der Waals surface area (Å²) in [6, 6.07) is 5.91. The first-order valence-electron chi connectivity index (χ1n) is 9.16. The van der Waals surface area contributed by atoms with E-state index in [1.807, 2.05) is 18.2 Å². The Hall–Kier alpha value is -2.09. The number of carbonyl (C=O) groups is 1. The molecule has 0 unspecified atom stereocenters. The number of benzene rings is 1. The molecule has 0 atom stereocenters. The molecule has 1 aromatic carbocycles. The number of aromatic amines is 1. The molecule has 2 amide bonds. The third-order valence-electron chi connectivity index (χ3n) is 5.88. The first-order chi connectivity index (χ1) is 12.5. The number of urea groups is 1. The zero-order chi connectivity index (χ0) is 18.2. The SMILES string of the molecule is O=C(NCCc1ccc2cn[nH]c2c1)N1CCC2(CCC2)S(=O)(=O)CC1. The lowest BCUT2D eigenvalue weighted by Gasteiger charge is -2.39. The molecular weight excluding hydrogens is 352 g/mol. The van der Waals surface area contributed by atoms with Crippen LogP contribution in [0.2, 0.25) is 0 Å². The van der Waals surface area contributed by atoms with Crippen LogP contribution in [0, 0.1) is 0 Å². The Kier molecular flexibility index (Phi) is 4.38. The lowest BCUT2D eigenvalue weighted by Crippen LogP contribution is -2.46. The van der Waals surface area contributed by atoms with Crippen LogP contribution in [0.15, 0.2) is 24.4 Å². The molecule has 2 aromatic rings. The molecule has 1 saturated heterocycles. The fourth-order valence-electron chi connectivity index (χ4n) is 3.95. The highest BCUT2D eigenvalue weighted by atomic mass is 32.2. The van der Waals surface area contributed by atoms with Crippen molar-refractivity contribution in [1.29, 1.82) is 0 Å². The maximum Gasteiger partial charge on any atom is 0.317 e. The van der Waals surface area contributed by atoms with E-state index in [2.05, 4.69) is 15.5 Å². The minimum absolute atomic E-state index is 0.0803. The number of hydrogen-bond donors (Lipinski definition) is 2. The molecule has 140 valence electrons. The lowest BCUT2D eigenvalue weighted by atomic mass is 9.81. The van der Waals surface area contributed by atoms with Crippen molar-refractivity contribution >= 4 is 26.8 Å². The van der Waals surface area contributed by atoms with E-state index in [1.165, 1.54) is 0 Å². The number of carbonyl (C=O) groups excluding carboxylic acids is 1. The number of fused-ring (bicyclic) bond motifs is 1. The summed E-state index contributed by atoms with van der Waals surface area (Å²) in [6.45, 7) is 1.33. The number of hydrogen-bond acceptors (Lipinski definition) is 4. The molecular formula is C18H24N4O3S. The summed E-state index contributed by atoms with van der Waals surface area (Å²) < 4.78 is 24.4. The zero-order valence-corrected chi connectivity index (χ0v) is 15.5. The van der Waals surface area contributed by atoms with Gasteiger partial charge in [-0.2, -0.15) is 5.10 Å². The van der Waals surface area contributed by atoms with Crippen LogP contribution >= 0.6 is 0 Å². The Bertz CT molecular complexity index is 917. The Morgan fingerprint density at radius 3 is 2.88 bits per heavy atom. The van der Waals surface area contributed by atoms with Gasteiger partial charge in [0.25, 0.3) is 0 Å². The number of H-pyrrole nitrogens is 1. The first kappa shape index (κ1) is 17.3. The van der Waals surface area contributed by atoms with Gasteiger partial charge in [0.05, 0.1) is 22.2 Å². The van der Waals surface area contributed by atoms with Crippen LogP contribution in [0.5, 0.6) is 0 Å². The lowest BCUT2D eigenvalue weighted by molar-refractivity contribution is 0.196. The molecule has 2 fully saturated rings. The highest BCUT2D eigenvalue weighted by Crippen LogP contribution is 2.43. The van der Waals surface area contributed by atoms with Crippen LogP contribution in [0.4, 0.5) is 4.79 Å². The molecule has 0 bridgehead atoms. The van der Waals surface area contributed by atoms with E-state index in [4.69, 9.17) is 0 Å². The molecule has 0 radical (unpaired) electrons. The van der Waals surface area contributed by atoms with Crippen molar-refractivity contribution in [2.45, 2.75) is 36.9 Å². The molecule has 26 heavy (non-hydrogen) atoms. The van der Waals surface area contributed by atoms with Gasteiger partial charge in [0.1, 0.15) is 0 Å². The Balaban J connectivity index is 1.32. The summed E-state index contributed by atoms with van der Waals surface area (Å²) in [4.78, 5) is 14.1. The molecule has 1 aliphatic heterocycles. The summed E-state index contributed by atoms with van der Waals surface area (Å²) in [5, 5.41) is 10.9. The standard InChI is InChI=1S/C18H24N4O3S/c23-17(19-8-4-14-2-3-15-13-20-21-16(15)12-14)22-9-7-18(5-1-6-18)26(24,25)11-10-22/h2-3,12-13H,1,4-11H2,(H,19,23)(H,20,21). The van der Waals surface area contributed by atoms with Gasteiger partial charge in [0.15, 0.2) is 9.84 Å². The summed E-state index contributed by atoms with van der Waals surface area (Å²) >= 11 is 0. The molecule has 1 aliphatic carbocycles. The van der Waals surface area contributed by atoms with Crippen molar-refractivity contribution in [3.63, 3.8) is 0 Å². The van der Waals surface area contributed by atoms with Gasteiger partial charge in [0.2, 0.25) is 0 Å². The minimum atomic E-state index is -3.10. The average molecular weight is 376 g/mol. The Morgan fingerprint density at radius 1 is 1.27 bits per heavy atom. The fraction of sp³-hybridized carbons (Fsp3) is 0.556. The average Bonchev–Trinajstić information content (AvgIpc) is 2.97. The van der Waals surface area contributed by atoms with Crippen molar-refractivity contribution in [3.8, 4) is 0 Å². The number of rotatable bonds is 3. The first-order valence-corrected chi connectivity index (χ1v) is 10.8. The van der Waals surface area contributed by atoms with Gasteiger partial charge < -0.3 is 10.2 Å². The molecule has 7 nitrogen and oxygen atoms in total. The zero-order valence-electron chi connectivity index (χ0n) is 14.7. The Labute approximate surface area is 153 Å². The number of sulfone groups is 1. The quantitative estimate of drug-likeness (QED) is 0.855. The second-order valence-corrected chi connectivity index (χ2v) is 9.87. The molecule has 1 aromatic heterocycles. The van der Waals surface area contributed by atoms with Gasteiger partial charge in [0, 0.05) is 25.0 Å². The van der Waals surface area contributed by atoms with E-state index in [0.29, 0.717) is 19.5 Å². The third-order valence-corrected chi connectivity index (χ3v) is 8.53. The van der Waals surface area contributed by atoms with Gasteiger partial charge in [-0.05, 0) is 37.3 Å². The highest BCUT2D eigenvalue weighted by Gasteiger charge is 2.49. The topological polar surface area (TPSA) is 95.2 Å². The predicted molar refractivity (Wildman–Crippen MR) is 99.8 cm³/mol. The summed E-state index contributed by atoms with van der Waals surface area (Å²) in [5.41, 5.74) is 2.10. The Morgan fingerprint density at radius 2 is 2.12 bits per heavy atom. The normalized spacial score (nSPS) is 21.3. The van der Waals surface area contributed by atoms with E-state index < -0.39 is 14.6 Å². The van der Waals surface area contributed by atoms with Crippen molar-refractivity contribution in [2.75, 3.05) is 25.4 Å². The van der Waals surface area contributed by atoms with E-state index >= 15 is 0 Å². The smallest absolute Gasteiger partial charge is 0.317 e. The second kappa shape index (κ2) is 6.57. The van der Waals surface area contributed by atoms with Gasteiger partial charge >= 0.3 is 6.03 Å². The second-order valence-electron chi connectivity index (χ2n) is 7.37. The fourth-order valence-corrected chi connectivity index (χ4v) is 6.16. The van der Waals surface area contributed by atoms with Crippen LogP contribution in [0.1, 0.15) is 31.2 Å². The largest absolute Gasteiger partial charge is 0.338 e. The van der Waals surface area contributed by atoms with Crippen LogP contribution in [-0.2, 0) is 16.3 Å². The van der Waals surface area contributed by atoms with Crippen LogP contribution in [-0.4, -0.2) is 59.7 Å². The van der Waals surface area contributed by atoms with Gasteiger partial charge in [-0.3, -0.25) is 5.10 Å². The monoisotopic (exact) mass is 376 g/mol. The van der Waals surface area contributed by atoms with Crippen molar-refractivity contribution in [2.24, 2.45) is 0 Å². The summed E-state index contributed by atoms with van der Waals surface area (Å²) in [5.74, 6) is 0.0803. The highest BCUT2D eigenvalue weighted by molar-refractivity contribution is 7.92. The van der Waals surface area contributed by atoms with E-state index in [-0.39, 0.29) is 18.3 Å². The van der Waals surface area contributed by atoms with Crippen molar-refractivity contribution in [1.82, 2.24) is 20.4 Å². The number of amides is 2. The van der Waals surface area contributed by atoms with Crippen LogP contribution < -0.4 is 5.32 Å². The molecule has 2 N–H and O–H groups in total. The van der Waals surface area contributed by atoms with Crippen LogP contribution in [0.3, 0.4) is 0 Å². The van der Waals surface area contributed by atoms with Gasteiger partial charge in [-0.1, -0.05) is 18.6 Å². The number of nitrogens with zero attached hydrogens (tertiary/aromatic N) is 2. The molecule has 8 heteroatoms. The molecule has 4 rings (SSSR count). The number of aromatic nitrogens is 2. The van der Waals surface area contributed by atoms with E-state index in [9.17, 15) is 13.2 Å². The van der Waals surface area contributed by atoms with Crippen molar-refractivity contribution in [3.05, 3.63) is 30.0 Å². The van der Waals surface area contributed by atoms with E-state index in [0.717, 1.165) is 42.1 Å². The minimum Gasteiger partial charge on any atom is -0.338 e. The molecule has 1 spiro atoms. The van der Waals surface area contributed by atoms with Crippen LogP contribution in [0.25, 0.3) is 10.9 Å². The third kappa shape index (κ3) is 3.06. The maximum atomic E-state index is 12.5. The summed E-state index contributed by atoms with van der Waals surface area (Å²) in [6.07, 6.45) is 5.55. The summed E-state index contributed by atoms with van der Waals surface area (Å²) in [7, 11) is -3.10. The molecule has 2 heterocycles. The van der Waals surface area contributed by atoms with Crippen molar-refractivity contribution < 1.29 is 13.2 Å². The molecule has 1 saturated carbocycles.